The van der Waals surface area contributed by atoms with Crippen molar-refractivity contribution < 1.29 is 9.59 Å². The van der Waals surface area contributed by atoms with Gasteiger partial charge in [0.05, 0.1) is 23.0 Å². The Morgan fingerprint density at radius 3 is 2.15 bits per heavy atom. The summed E-state index contributed by atoms with van der Waals surface area (Å²) in [7, 11) is 2.14. The molecule has 1 saturated heterocycles. The molecular weight excluding hydrogens is 426 g/mol. The normalized spacial score (nSPS) is 14.1. The Bertz CT molecular complexity index is 1220. The fourth-order valence-corrected chi connectivity index (χ4v) is 3.95. The average Bonchev–Trinajstić information content (AvgIpc) is 3.09. The minimum atomic E-state index is -0.355. The lowest BCUT2D eigenvalue weighted by atomic mass is 10.1. The molecule has 7 nitrogen and oxygen atoms in total. The van der Waals surface area contributed by atoms with Crippen molar-refractivity contribution in [3.63, 3.8) is 0 Å². The molecule has 0 atom stereocenters. The third kappa shape index (κ3) is 5.61. The average molecular weight is 454 g/mol. The van der Waals surface area contributed by atoms with Gasteiger partial charge in [-0.3, -0.25) is 9.59 Å². The van der Waals surface area contributed by atoms with Crippen LogP contribution in [0, 0.1) is 11.3 Å². The van der Waals surface area contributed by atoms with Crippen LogP contribution in [-0.2, 0) is 0 Å². The van der Waals surface area contributed by atoms with Gasteiger partial charge in [-0.05, 0) is 74.6 Å². The summed E-state index contributed by atoms with van der Waals surface area (Å²) in [6.07, 6.45) is 1.11. The van der Waals surface area contributed by atoms with Gasteiger partial charge in [0.15, 0.2) is 0 Å². The van der Waals surface area contributed by atoms with E-state index in [-0.39, 0.29) is 11.8 Å². The van der Waals surface area contributed by atoms with Crippen LogP contribution in [0.2, 0.25) is 0 Å². The van der Waals surface area contributed by atoms with E-state index in [1.54, 1.807) is 42.5 Å². The van der Waals surface area contributed by atoms with Crippen LogP contribution in [0.15, 0.2) is 72.8 Å². The summed E-state index contributed by atoms with van der Waals surface area (Å²) in [4.78, 5) is 30.3. The zero-order chi connectivity index (χ0) is 23.9. The summed E-state index contributed by atoms with van der Waals surface area (Å²) in [5, 5.41) is 14.8. The molecule has 2 amide bonds. The summed E-state index contributed by atoms with van der Waals surface area (Å²) in [5.41, 5.74) is 3.41. The Morgan fingerprint density at radius 1 is 0.794 bits per heavy atom. The molecular formula is C27H27N5O2. The Kier molecular flexibility index (Phi) is 7.21. The van der Waals surface area contributed by atoms with Crippen molar-refractivity contribution in [1.82, 2.24) is 4.90 Å². The molecule has 172 valence electrons. The topological polar surface area (TPSA) is 88.5 Å². The number of nitrogens with one attached hydrogen (secondary N) is 2. The van der Waals surface area contributed by atoms with Gasteiger partial charge in [-0.25, -0.2) is 0 Å². The van der Waals surface area contributed by atoms with E-state index in [4.69, 9.17) is 5.26 Å². The quantitative estimate of drug-likeness (QED) is 0.604. The smallest absolute Gasteiger partial charge is 0.255 e. The lowest BCUT2D eigenvalue weighted by molar-refractivity contribution is 0.101. The van der Waals surface area contributed by atoms with Gasteiger partial charge in [0.1, 0.15) is 0 Å². The number of carbonyl (C=O) groups excluding carboxylic acids is 2. The molecule has 0 spiro atoms. The van der Waals surface area contributed by atoms with Crippen molar-refractivity contribution in [2.75, 3.05) is 48.8 Å². The highest BCUT2D eigenvalue weighted by Crippen LogP contribution is 2.24. The number of nitriles is 1. The van der Waals surface area contributed by atoms with Crippen LogP contribution in [0.5, 0.6) is 0 Å². The highest BCUT2D eigenvalue weighted by molar-refractivity contribution is 6.10. The maximum Gasteiger partial charge on any atom is 0.255 e. The molecule has 34 heavy (non-hydrogen) atoms. The standard InChI is InChI=1S/C27H27N5O2/c1-31-14-5-15-32(17-16-31)23-12-10-21(11-13-23)26(33)29-24-8-2-3-9-25(24)30-27(34)22-7-4-6-20(18-22)19-28/h2-4,6-13,18H,5,14-17H2,1H3,(H,29,33)(H,30,34). The molecule has 0 saturated carbocycles. The predicted molar refractivity (Wildman–Crippen MR) is 134 cm³/mol. The van der Waals surface area contributed by atoms with Crippen LogP contribution in [0.3, 0.4) is 0 Å². The lowest BCUT2D eigenvalue weighted by Crippen LogP contribution is -2.28. The molecule has 2 N–H and O–H groups in total. The minimum Gasteiger partial charge on any atom is -0.370 e. The van der Waals surface area contributed by atoms with Gasteiger partial charge in [-0.2, -0.15) is 5.26 Å². The van der Waals surface area contributed by atoms with Crippen molar-refractivity contribution in [1.29, 1.82) is 5.26 Å². The van der Waals surface area contributed by atoms with E-state index in [2.05, 4.69) is 27.5 Å². The highest BCUT2D eigenvalue weighted by atomic mass is 16.2. The molecule has 1 aliphatic rings. The summed E-state index contributed by atoms with van der Waals surface area (Å²) in [5.74, 6) is -0.610. The van der Waals surface area contributed by atoms with Crippen LogP contribution in [-0.4, -0.2) is 49.9 Å². The van der Waals surface area contributed by atoms with Crippen LogP contribution in [0.4, 0.5) is 17.1 Å². The van der Waals surface area contributed by atoms with Crippen molar-refractivity contribution in [2.24, 2.45) is 0 Å². The van der Waals surface area contributed by atoms with E-state index in [1.807, 2.05) is 30.3 Å². The molecule has 1 heterocycles. The highest BCUT2D eigenvalue weighted by Gasteiger charge is 2.15. The molecule has 0 aliphatic carbocycles. The third-order valence-electron chi connectivity index (χ3n) is 5.89. The second-order valence-corrected chi connectivity index (χ2v) is 8.34. The zero-order valence-electron chi connectivity index (χ0n) is 19.1. The molecule has 3 aromatic rings. The van der Waals surface area contributed by atoms with Crippen molar-refractivity contribution >= 4 is 28.9 Å². The SMILES string of the molecule is CN1CCCN(c2ccc(C(=O)Nc3ccccc3NC(=O)c3cccc(C#N)c3)cc2)CC1. The predicted octanol–water partition coefficient (Wildman–Crippen LogP) is 4.20. The van der Waals surface area contributed by atoms with E-state index in [9.17, 15) is 9.59 Å². The van der Waals surface area contributed by atoms with Crippen molar-refractivity contribution in [3.8, 4) is 6.07 Å². The fourth-order valence-electron chi connectivity index (χ4n) is 3.95. The van der Waals surface area contributed by atoms with Crippen LogP contribution in [0.25, 0.3) is 0 Å². The first-order valence-corrected chi connectivity index (χ1v) is 11.3. The first-order valence-electron chi connectivity index (χ1n) is 11.3. The first-order chi connectivity index (χ1) is 16.5. The minimum absolute atomic E-state index is 0.254. The van der Waals surface area contributed by atoms with Crippen molar-refractivity contribution in [3.05, 3.63) is 89.5 Å². The summed E-state index contributed by atoms with van der Waals surface area (Å²) in [6, 6.07) is 23.2. The van der Waals surface area contributed by atoms with E-state index in [1.165, 1.54) is 6.07 Å². The van der Waals surface area contributed by atoms with Crippen LogP contribution >= 0.6 is 0 Å². The number of hydrogen-bond acceptors (Lipinski definition) is 5. The molecule has 0 unspecified atom stereocenters. The number of rotatable bonds is 5. The summed E-state index contributed by atoms with van der Waals surface area (Å²) < 4.78 is 0. The first kappa shape index (κ1) is 23.0. The van der Waals surface area contributed by atoms with Gasteiger partial charge < -0.3 is 20.4 Å². The van der Waals surface area contributed by atoms with Crippen LogP contribution < -0.4 is 15.5 Å². The zero-order valence-corrected chi connectivity index (χ0v) is 19.1. The second kappa shape index (κ2) is 10.6. The Hall–Kier alpha value is -4.15. The molecule has 1 aliphatic heterocycles. The maximum atomic E-state index is 12.9. The van der Waals surface area contributed by atoms with Gasteiger partial charge in [-0.1, -0.05) is 18.2 Å². The van der Waals surface area contributed by atoms with E-state index < -0.39 is 0 Å². The molecule has 4 rings (SSSR count). The number of benzene rings is 3. The number of anilines is 3. The van der Waals surface area contributed by atoms with Gasteiger partial charge in [-0.15, -0.1) is 0 Å². The molecule has 0 radical (unpaired) electrons. The van der Waals surface area contributed by atoms with E-state index >= 15 is 0 Å². The number of likely N-dealkylation sites (N-methyl/N-ethyl adjacent to an activating group) is 1. The van der Waals surface area contributed by atoms with Gasteiger partial charge >= 0.3 is 0 Å². The Balaban J connectivity index is 1.44. The van der Waals surface area contributed by atoms with E-state index in [0.29, 0.717) is 28.1 Å². The third-order valence-corrected chi connectivity index (χ3v) is 5.89. The largest absolute Gasteiger partial charge is 0.370 e. The van der Waals surface area contributed by atoms with Crippen LogP contribution in [0.1, 0.15) is 32.7 Å². The fraction of sp³-hybridized carbons (Fsp3) is 0.222. The number of amides is 2. The van der Waals surface area contributed by atoms with Crippen molar-refractivity contribution in [2.45, 2.75) is 6.42 Å². The number of hydrogen-bond donors (Lipinski definition) is 2. The van der Waals surface area contributed by atoms with Gasteiger partial charge in [0, 0.05) is 36.4 Å². The Morgan fingerprint density at radius 2 is 1.47 bits per heavy atom. The molecule has 7 heteroatoms. The number of nitrogens with zero attached hydrogens (tertiary/aromatic N) is 3. The molecule has 0 aromatic heterocycles. The monoisotopic (exact) mass is 453 g/mol. The number of para-hydroxylation sites is 2. The van der Waals surface area contributed by atoms with Gasteiger partial charge in [0.2, 0.25) is 0 Å². The maximum absolute atomic E-state index is 12.9. The molecule has 3 aromatic carbocycles. The summed E-state index contributed by atoms with van der Waals surface area (Å²) >= 11 is 0. The van der Waals surface area contributed by atoms with E-state index in [0.717, 1.165) is 38.3 Å². The lowest BCUT2D eigenvalue weighted by Gasteiger charge is -2.23. The second-order valence-electron chi connectivity index (χ2n) is 8.34. The molecule has 0 bridgehead atoms. The van der Waals surface area contributed by atoms with Gasteiger partial charge in [0.25, 0.3) is 11.8 Å². The molecule has 1 fully saturated rings. The number of carbonyl (C=O) groups is 2. The summed E-state index contributed by atoms with van der Waals surface area (Å²) in [6.45, 7) is 4.08. The Labute approximate surface area is 199 Å².